The van der Waals surface area contributed by atoms with Gasteiger partial charge in [-0.1, -0.05) is 0 Å². The summed E-state index contributed by atoms with van der Waals surface area (Å²) < 4.78 is 13.7. The molecule has 6 heteroatoms. The normalized spacial score (nSPS) is 18.2. The first-order chi connectivity index (χ1) is 9.40. The molecule has 0 spiro atoms. The average molecular weight is 343 g/mol. The van der Waals surface area contributed by atoms with Crippen molar-refractivity contribution in [1.29, 1.82) is 0 Å². The Balaban J connectivity index is 2.16. The highest BCUT2D eigenvalue weighted by atomic mass is 79.9. The Bertz CT molecular complexity index is 562. The van der Waals surface area contributed by atoms with Crippen molar-refractivity contribution in [3.8, 4) is 0 Å². The lowest BCUT2D eigenvalue weighted by Gasteiger charge is -2.22. The zero-order valence-corrected chi connectivity index (χ0v) is 13.0. The van der Waals surface area contributed by atoms with Crippen molar-refractivity contribution in [3.63, 3.8) is 0 Å². The van der Waals surface area contributed by atoms with Gasteiger partial charge in [-0.3, -0.25) is 9.59 Å². The highest BCUT2D eigenvalue weighted by molar-refractivity contribution is 9.10. The highest BCUT2D eigenvalue weighted by Crippen LogP contribution is 2.25. The first-order valence-corrected chi connectivity index (χ1v) is 7.23. The molecule has 0 saturated carbocycles. The zero-order chi connectivity index (χ0) is 14.9. The van der Waals surface area contributed by atoms with Crippen LogP contribution in [0.15, 0.2) is 16.6 Å². The van der Waals surface area contributed by atoms with Crippen LogP contribution in [0, 0.1) is 12.7 Å². The van der Waals surface area contributed by atoms with E-state index in [0.717, 1.165) is 6.42 Å². The van der Waals surface area contributed by atoms with E-state index in [2.05, 4.69) is 21.2 Å². The van der Waals surface area contributed by atoms with Crippen molar-refractivity contribution < 1.29 is 14.0 Å². The molecule has 1 fully saturated rings. The van der Waals surface area contributed by atoms with Gasteiger partial charge in [0.2, 0.25) is 11.8 Å². The molecular formula is C14H16BrFN2O2. The fraction of sp³-hybridized carbons (Fsp3) is 0.429. The van der Waals surface area contributed by atoms with Crippen LogP contribution in [0.3, 0.4) is 0 Å². The predicted molar refractivity (Wildman–Crippen MR) is 77.9 cm³/mol. The number of aryl methyl sites for hydroxylation is 1. The Labute approximate surface area is 125 Å². The van der Waals surface area contributed by atoms with Crippen molar-refractivity contribution in [1.82, 2.24) is 4.90 Å². The van der Waals surface area contributed by atoms with Gasteiger partial charge in [0.1, 0.15) is 11.9 Å². The van der Waals surface area contributed by atoms with Crippen LogP contribution in [0.2, 0.25) is 0 Å². The molecule has 0 unspecified atom stereocenters. The van der Waals surface area contributed by atoms with E-state index in [1.165, 1.54) is 19.1 Å². The summed E-state index contributed by atoms with van der Waals surface area (Å²) in [6.45, 7) is 3.80. The maximum atomic E-state index is 13.4. The average Bonchev–Trinajstić information content (AvgIpc) is 2.85. The number of nitrogens with one attached hydrogen (secondary N) is 1. The number of rotatable bonds is 2. The first-order valence-electron chi connectivity index (χ1n) is 6.44. The molecule has 1 aromatic rings. The molecule has 20 heavy (non-hydrogen) atoms. The number of anilines is 1. The molecule has 0 aromatic heterocycles. The van der Waals surface area contributed by atoms with Crippen molar-refractivity contribution in [2.24, 2.45) is 0 Å². The molecule has 4 nitrogen and oxygen atoms in total. The van der Waals surface area contributed by atoms with E-state index in [0.29, 0.717) is 28.7 Å². The van der Waals surface area contributed by atoms with Crippen LogP contribution >= 0.6 is 15.9 Å². The topological polar surface area (TPSA) is 49.4 Å². The molecule has 2 amide bonds. The SMILES string of the molecule is CC(=O)N1CCC[C@H]1C(=O)Nc1cc(Br)c(F)cc1C. The maximum absolute atomic E-state index is 13.4. The van der Waals surface area contributed by atoms with Gasteiger partial charge < -0.3 is 10.2 Å². The number of benzene rings is 1. The minimum absolute atomic E-state index is 0.0975. The number of hydrogen-bond donors (Lipinski definition) is 1. The Morgan fingerprint density at radius 2 is 2.15 bits per heavy atom. The molecule has 0 aliphatic carbocycles. The number of hydrogen-bond acceptors (Lipinski definition) is 2. The Kier molecular flexibility index (Phi) is 4.42. The third-order valence-corrected chi connectivity index (χ3v) is 4.09. The van der Waals surface area contributed by atoms with Crippen LogP contribution < -0.4 is 5.32 Å². The number of carbonyl (C=O) groups excluding carboxylic acids is 2. The molecule has 108 valence electrons. The van der Waals surface area contributed by atoms with Crippen LogP contribution in [0.25, 0.3) is 0 Å². The highest BCUT2D eigenvalue weighted by Gasteiger charge is 2.32. The lowest BCUT2D eigenvalue weighted by molar-refractivity contribution is -0.134. The van der Waals surface area contributed by atoms with Crippen LogP contribution in [-0.2, 0) is 9.59 Å². The molecule has 1 aliphatic rings. The van der Waals surface area contributed by atoms with Gasteiger partial charge in [-0.15, -0.1) is 0 Å². The zero-order valence-electron chi connectivity index (χ0n) is 11.4. The number of likely N-dealkylation sites (tertiary alicyclic amines) is 1. The summed E-state index contributed by atoms with van der Waals surface area (Å²) in [6.07, 6.45) is 1.48. The summed E-state index contributed by atoms with van der Waals surface area (Å²) in [6, 6.07) is 2.46. The van der Waals surface area contributed by atoms with E-state index in [9.17, 15) is 14.0 Å². The number of amides is 2. The third kappa shape index (κ3) is 3.00. The van der Waals surface area contributed by atoms with E-state index in [1.807, 2.05) is 0 Å². The van der Waals surface area contributed by atoms with Crippen molar-refractivity contribution in [2.75, 3.05) is 11.9 Å². The lowest BCUT2D eigenvalue weighted by Crippen LogP contribution is -2.42. The van der Waals surface area contributed by atoms with Gasteiger partial charge in [-0.05, 0) is 53.4 Å². The molecule has 1 atom stereocenters. The molecule has 1 heterocycles. The Hall–Kier alpha value is -1.43. The molecule has 0 radical (unpaired) electrons. The van der Waals surface area contributed by atoms with Crippen LogP contribution in [-0.4, -0.2) is 29.3 Å². The lowest BCUT2D eigenvalue weighted by atomic mass is 10.1. The van der Waals surface area contributed by atoms with Gasteiger partial charge >= 0.3 is 0 Å². The second kappa shape index (κ2) is 5.91. The summed E-state index contributed by atoms with van der Waals surface area (Å²) in [4.78, 5) is 25.3. The standard InChI is InChI=1S/C14H16BrFN2O2/c1-8-6-11(16)10(15)7-12(8)17-14(20)13-4-3-5-18(13)9(2)19/h6-7,13H,3-5H2,1-2H3,(H,17,20)/t13-/m0/s1. The maximum Gasteiger partial charge on any atom is 0.247 e. The number of nitrogens with zero attached hydrogens (tertiary/aromatic N) is 1. The Morgan fingerprint density at radius 3 is 2.80 bits per heavy atom. The van der Waals surface area contributed by atoms with E-state index in [-0.39, 0.29) is 17.6 Å². The van der Waals surface area contributed by atoms with E-state index in [4.69, 9.17) is 0 Å². The van der Waals surface area contributed by atoms with Crippen molar-refractivity contribution in [2.45, 2.75) is 32.7 Å². The summed E-state index contributed by atoms with van der Waals surface area (Å²) in [5.74, 6) is -0.689. The first kappa shape index (κ1) is 15.0. The van der Waals surface area contributed by atoms with Gasteiger partial charge in [0.15, 0.2) is 0 Å². The number of halogens is 2. The summed E-state index contributed by atoms with van der Waals surface area (Å²) in [5.41, 5.74) is 1.20. The molecule has 1 aromatic carbocycles. The third-order valence-electron chi connectivity index (χ3n) is 3.49. The van der Waals surface area contributed by atoms with Crippen LogP contribution in [0.4, 0.5) is 10.1 Å². The fourth-order valence-electron chi connectivity index (χ4n) is 2.41. The van der Waals surface area contributed by atoms with Gasteiger partial charge in [-0.2, -0.15) is 0 Å². The number of carbonyl (C=O) groups is 2. The second-order valence-electron chi connectivity index (χ2n) is 4.94. The van der Waals surface area contributed by atoms with Crippen molar-refractivity contribution in [3.05, 3.63) is 28.0 Å². The van der Waals surface area contributed by atoms with Gasteiger partial charge in [-0.25, -0.2) is 4.39 Å². The van der Waals surface area contributed by atoms with E-state index >= 15 is 0 Å². The summed E-state index contributed by atoms with van der Waals surface area (Å²) in [5, 5.41) is 2.78. The van der Waals surface area contributed by atoms with Crippen molar-refractivity contribution >= 4 is 33.4 Å². The van der Waals surface area contributed by atoms with Gasteiger partial charge in [0.25, 0.3) is 0 Å². The smallest absolute Gasteiger partial charge is 0.247 e. The molecule has 1 saturated heterocycles. The monoisotopic (exact) mass is 342 g/mol. The molecular weight excluding hydrogens is 327 g/mol. The van der Waals surface area contributed by atoms with Gasteiger partial charge in [0.05, 0.1) is 4.47 Å². The van der Waals surface area contributed by atoms with Gasteiger partial charge in [0, 0.05) is 19.2 Å². The molecule has 1 N–H and O–H groups in total. The summed E-state index contributed by atoms with van der Waals surface area (Å²) in [7, 11) is 0. The van der Waals surface area contributed by atoms with Crippen LogP contribution in [0.5, 0.6) is 0 Å². The largest absolute Gasteiger partial charge is 0.331 e. The second-order valence-corrected chi connectivity index (χ2v) is 5.80. The minimum Gasteiger partial charge on any atom is -0.331 e. The Morgan fingerprint density at radius 1 is 1.45 bits per heavy atom. The fourth-order valence-corrected chi connectivity index (χ4v) is 2.76. The van der Waals surface area contributed by atoms with E-state index < -0.39 is 6.04 Å². The van der Waals surface area contributed by atoms with Crippen LogP contribution in [0.1, 0.15) is 25.3 Å². The predicted octanol–water partition coefficient (Wildman–Crippen LogP) is 2.85. The molecule has 0 bridgehead atoms. The molecule has 2 rings (SSSR count). The molecule has 1 aliphatic heterocycles. The quantitative estimate of drug-likeness (QED) is 0.898. The minimum atomic E-state index is -0.435. The van der Waals surface area contributed by atoms with E-state index in [1.54, 1.807) is 11.8 Å². The summed E-state index contributed by atoms with van der Waals surface area (Å²) >= 11 is 3.10.